The number of benzene rings is 1. The Labute approximate surface area is 172 Å². The highest BCUT2D eigenvalue weighted by molar-refractivity contribution is 9.10. The second-order valence-electron chi connectivity index (χ2n) is 5.93. The number of methoxy groups -OCH3 is 1. The average molecular weight is 458 g/mol. The molecule has 2 amide bonds. The number of nitrogens with zero attached hydrogens (tertiary/aromatic N) is 1. The molecule has 1 aliphatic rings. The minimum atomic E-state index is -0.309. The molecule has 0 spiro atoms. The van der Waals surface area contributed by atoms with Gasteiger partial charge in [-0.3, -0.25) is 14.5 Å². The van der Waals surface area contributed by atoms with Gasteiger partial charge >= 0.3 is 0 Å². The van der Waals surface area contributed by atoms with Gasteiger partial charge in [-0.2, -0.15) is 0 Å². The molecule has 0 N–H and O–H groups in total. The minimum absolute atomic E-state index is 0.0450. The Morgan fingerprint density at radius 1 is 1.30 bits per heavy atom. The van der Waals surface area contributed by atoms with Crippen LogP contribution in [-0.4, -0.2) is 49.0 Å². The van der Waals surface area contributed by atoms with E-state index >= 15 is 0 Å². The maximum absolute atomic E-state index is 12.5. The van der Waals surface area contributed by atoms with Crippen molar-refractivity contribution in [2.45, 2.75) is 33.3 Å². The van der Waals surface area contributed by atoms with Gasteiger partial charge in [-0.15, -0.1) is 0 Å². The summed E-state index contributed by atoms with van der Waals surface area (Å²) in [5.41, 5.74) is 0.749. The maximum Gasteiger partial charge on any atom is 0.293 e. The van der Waals surface area contributed by atoms with E-state index in [-0.39, 0.29) is 23.8 Å². The monoisotopic (exact) mass is 457 g/mol. The molecule has 1 atom stereocenters. The molecule has 8 heteroatoms. The lowest BCUT2D eigenvalue weighted by Crippen LogP contribution is -2.31. The highest BCUT2D eigenvalue weighted by Gasteiger charge is 2.34. The molecule has 2 rings (SSSR count). The van der Waals surface area contributed by atoms with Gasteiger partial charge in [-0.05, 0) is 71.7 Å². The van der Waals surface area contributed by atoms with Crippen molar-refractivity contribution < 1.29 is 23.8 Å². The highest BCUT2D eigenvalue weighted by atomic mass is 79.9. The van der Waals surface area contributed by atoms with E-state index in [1.54, 1.807) is 6.08 Å². The lowest BCUT2D eigenvalue weighted by atomic mass is 10.1. The Bertz CT molecular complexity index is 737. The molecule has 1 aliphatic heterocycles. The van der Waals surface area contributed by atoms with Crippen LogP contribution in [0.1, 0.15) is 32.8 Å². The molecule has 6 nitrogen and oxygen atoms in total. The maximum atomic E-state index is 12.5. The van der Waals surface area contributed by atoms with Crippen molar-refractivity contribution in [3.05, 3.63) is 27.1 Å². The van der Waals surface area contributed by atoms with Gasteiger partial charge in [0, 0.05) is 7.11 Å². The summed E-state index contributed by atoms with van der Waals surface area (Å²) >= 11 is 4.45. The first-order valence-electron chi connectivity index (χ1n) is 8.78. The predicted molar refractivity (Wildman–Crippen MR) is 110 cm³/mol. The molecule has 0 saturated carbocycles. The first-order valence-corrected chi connectivity index (χ1v) is 10.4. The first kappa shape index (κ1) is 21.8. The molecule has 148 valence electrons. The summed E-state index contributed by atoms with van der Waals surface area (Å²) in [4.78, 5) is 26.1. The number of thioether (sulfide) groups is 1. The Balaban J connectivity index is 2.32. The van der Waals surface area contributed by atoms with Crippen LogP contribution in [0.25, 0.3) is 6.08 Å². The van der Waals surface area contributed by atoms with Gasteiger partial charge in [0.2, 0.25) is 0 Å². The van der Waals surface area contributed by atoms with E-state index < -0.39 is 0 Å². The summed E-state index contributed by atoms with van der Waals surface area (Å²) in [7, 11) is 1.53. The summed E-state index contributed by atoms with van der Waals surface area (Å²) in [5, 5.41) is -0.288. The summed E-state index contributed by atoms with van der Waals surface area (Å²) in [6.45, 7) is 6.98. The van der Waals surface area contributed by atoms with Gasteiger partial charge in [0.1, 0.15) is 0 Å². The third kappa shape index (κ3) is 5.49. The quantitative estimate of drug-likeness (QED) is 0.500. The molecule has 1 heterocycles. The van der Waals surface area contributed by atoms with E-state index in [0.717, 1.165) is 28.2 Å². The largest absolute Gasteiger partial charge is 0.490 e. The molecule has 0 aliphatic carbocycles. The summed E-state index contributed by atoms with van der Waals surface area (Å²) in [6.07, 6.45) is 2.61. The lowest BCUT2D eigenvalue weighted by Gasteiger charge is -2.18. The Morgan fingerprint density at radius 2 is 2.04 bits per heavy atom. The van der Waals surface area contributed by atoms with Crippen molar-refractivity contribution in [1.29, 1.82) is 0 Å². The van der Waals surface area contributed by atoms with Crippen molar-refractivity contribution >= 4 is 44.9 Å². The van der Waals surface area contributed by atoms with E-state index in [4.69, 9.17) is 14.2 Å². The van der Waals surface area contributed by atoms with Crippen molar-refractivity contribution in [2.75, 3.05) is 26.9 Å². The van der Waals surface area contributed by atoms with Gasteiger partial charge in [0.05, 0.1) is 35.2 Å². The molecule has 1 fully saturated rings. The SMILES string of the molecule is CCOc1cc(/C=C2/SC(=O)N(CCOC)C2=O)cc(Br)c1O[C@@H](C)CC. The van der Waals surface area contributed by atoms with Crippen molar-refractivity contribution in [2.24, 2.45) is 0 Å². The average Bonchev–Trinajstić information content (AvgIpc) is 2.89. The summed E-state index contributed by atoms with van der Waals surface area (Å²) < 4.78 is 17.4. The molecule has 0 radical (unpaired) electrons. The second-order valence-corrected chi connectivity index (χ2v) is 7.77. The van der Waals surface area contributed by atoms with Crippen LogP contribution < -0.4 is 9.47 Å². The zero-order chi connectivity index (χ0) is 20.0. The van der Waals surface area contributed by atoms with Gasteiger partial charge < -0.3 is 14.2 Å². The number of ether oxygens (including phenoxy) is 3. The third-order valence-electron chi connectivity index (χ3n) is 3.92. The number of amides is 2. The van der Waals surface area contributed by atoms with Gasteiger partial charge in [-0.1, -0.05) is 6.92 Å². The molecule has 0 unspecified atom stereocenters. The number of halogens is 1. The Hall–Kier alpha value is -1.51. The van der Waals surface area contributed by atoms with Crippen LogP contribution in [0.5, 0.6) is 11.5 Å². The van der Waals surface area contributed by atoms with Crippen LogP contribution in [0.3, 0.4) is 0 Å². The lowest BCUT2D eigenvalue weighted by molar-refractivity contribution is -0.123. The highest BCUT2D eigenvalue weighted by Crippen LogP contribution is 2.40. The summed E-state index contributed by atoms with van der Waals surface area (Å²) in [6, 6.07) is 3.67. The number of hydrogen-bond acceptors (Lipinski definition) is 6. The minimum Gasteiger partial charge on any atom is -0.490 e. The van der Waals surface area contributed by atoms with E-state index in [1.807, 2.05) is 32.9 Å². The number of rotatable bonds is 9. The summed E-state index contributed by atoms with van der Waals surface area (Å²) in [5.74, 6) is 0.921. The van der Waals surface area contributed by atoms with Crippen LogP contribution in [0, 0.1) is 0 Å². The molecule has 0 bridgehead atoms. The topological polar surface area (TPSA) is 65.1 Å². The van der Waals surface area contributed by atoms with E-state index in [1.165, 1.54) is 12.0 Å². The van der Waals surface area contributed by atoms with Gasteiger partial charge in [0.25, 0.3) is 11.1 Å². The molecular weight excluding hydrogens is 434 g/mol. The van der Waals surface area contributed by atoms with Crippen molar-refractivity contribution in [3.8, 4) is 11.5 Å². The molecule has 1 saturated heterocycles. The predicted octanol–water partition coefficient (Wildman–Crippen LogP) is 4.71. The van der Waals surface area contributed by atoms with E-state index in [9.17, 15) is 9.59 Å². The van der Waals surface area contributed by atoms with E-state index in [0.29, 0.717) is 29.6 Å². The number of carbonyl (C=O) groups excluding carboxylic acids is 2. The normalized spacial score (nSPS) is 16.9. The molecule has 27 heavy (non-hydrogen) atoms. The van der Waals surface area contributed by atoms with Crippen LogP contribution in [0.4, 0.5) is 4.79 Å². The number of imide groups is 1. The fourth-order valence-corrected chi connectivity index (χ4v) is 3.78. The fourth-order valence-electron chi connectivity index (χ4n) is 2.36. The molecule has 1 aromatic carbocycles. The van der Waals surface area contributed by atoms with Gasteiger partial charge in [-0.25, -0.2) is 0 Å². The van der Waals surface area contributed by atoms with Crippen LogP contribution in [0.2, 0.25) is 0 Å². The van der Waals surface area contributed by atoms with Gasteiger partial charge in [0.15, 0.2) is 11.5 Å². The molecule has 0 aromatic heterocycles. The Kier molecular flexibility index (Phi) is 8.19. The first-order chi connectivity index (χ1) is 12.9. The van der Waals surface area contributed by atoms with Crippen molar-refractivity contribution in [3.63, 3.8) is 0 Å². The van der Waals surface area contributed by atoms with E-state index in [2.05, 4.69) is 15.9 Å². The number of hydrogen-bond donors (Lipinski definition) is 0. The molecular formula is C19H24BrNO5S. The molecule has 1 aromatic rings. The van der Waals surface area contributed by atoms with Crippen LogP contribution >= 0.6 is 27.7 Å². The zero-order valence-electron chi connectivity index (χ0n) is 15.9. The standard InChI is InChI=1S/C19H24BrNO5S/c1-5-12(3)26-17-14(20)9-13(10-15(17)25-6-2)11-16-18(22)21(7-8-24-4)19(23)27-16/h9-12H,5-8H2,1-4H3/b16-11+/t12-/m0/s1. The second kappa shape index (κ2) is 10.1. The zero-order valence-corrected chi connectivity index (χ0v) is 18.3. The number of carbonyl (C=O) groups is 2. The fraction of sp³-hybridized carbons (Fsp3) is 0.474. The van der Waals surface area contributed by atoms with Crippen LogP contribution in [0.15, 0.2) is 21.5 Å². The Morgan fingerprint density at radius 3 is 2.67 bits per heavy atom. The smallest absolute Gasteiger partial charge is 0.293 e. The van der Waals surface area contributed by atoms with Crippen LogP contribution in [-0.2, 0) is 9.53 Å². The van der Waals surface area contributed by atoms with Crippen molar-refractivity contribution in [1.82, 2.24) is 4.90 Å². The third-order valence-corrected chi connectivity index (χ3v) is 5.41.